The molecule has 160 valence electrons. The van der Waals surface area contributed by atoms with E-state index in [0.29, 0.717) is 31.6 Å². The van der Waals surface area contributed by atoms with E-state index >= 15 is 0 Å². The quantitative estimate of drug-likeness (QED) is 0.375. The summed E-state index contributed by atoms with van der Waals surface area (Å²) in [7, 11) is -3.63. The fourth-order valence-electron chi connectivity index (χ4n) is 3.43. The number of nitrogens with one attached hydrogen (secondary N) is 2. The van der Waals surface area contributed by atoms with Crippen molar-refractivity contribution in [2.75, 3.05) is 31.5 Å². The maximum absolute atomic E-state index is 12.8. The van der Waals surface area contributed by atoms with E-state index in [1.807, 2.05) is 0 Å². The molecular formula is C20H24N4O5S. The standard InChI is InChI=1S/C20H24N4O5S/c25-20(22-13-12-21-18-10-4-5-11-19(18)24(26)27)16-7-6-14-23(15-16)30(28,29)17-8-2-1-3-9-17/h1-5,8-11,16,21H,6-7,12-15H2,(H,22,25). The zero-order chi connectivity index (χ0) is 21.6. The molecular weight excluding hydrogens is 408 g/mol. The molecule has 0 saturated carbocycles. The molecule has 0 radical (unpaired) electrons. The fourth-order valence-corrected chi connectivity index (χ4v) is 4.97. The fraction of sp³-hybridized carbons (Fsp3) is 0.350. The highest BCUT2D eigenvalue weighted by atomic mass is 32.2. The zero-order valence-corrected chi connectivity index (χ0v) is 17.2. The molecule has 1 saturated heterocycles. The van der Waals surface area contributed by atoms with Crippen LogP contribution in [0.4, 0.5) is 11.4 Å². The van der Waals surface area contributed by atoms with Gasteiger partial charge >= 0.3 is 0 Å². The van der Waals surface area contributed by atoms with Crippen LogP contribution in [-0.2, 0) is 14.8 Å². The van der Waals surface area contributed by atoms with Crippen molar-refractivity contribution in [2.24, 2.45) is 5.92 Å². The molecule has 1 heterocycles. The third kappa shape index (κ3) is 5.14. The van der Waals surface area contributed by atoms with Crippen LogP contribution in [0.1, 0.15) is 12.8 Å². The minimum absolute atomic E-state index is 0.0298. The van der Waals surface area contributed by atoms with E-state index in [9.17, 15) is 23.3 Å². The highest BCUT2D eigenvalue weighted by molar-refractivity contribution is 7.89. The van der Waals surface area contributed by atoms with Crippen LogP contribution in [-0.4, -0.2) is 49.7 Å². The first-order valence-corrected chi connectivity index (χ1v) is 11.1. The number of anilines is 1. The lowest BCUT2D eigenvalue weighted by Gasteiger charge is -2.31. The Morgan fingerprint density at radius 3 is 2.53 bits per heavy atom. The van der Waals surface area contributed by atoms with Crippen molar-refractivity contribution in [1.29, 1.82) is 0 Å². The maximum Gasteiger partial charge on any atom is 0.292 e. The molecule has 30 heavy (non-hydrogen) atoms. The molecule has 1 atom stereocenters. The van der Waals surface area contributed by atoms with Gasteiger partial charge in [-0.25, -0.2) is 8.42 Å². The monoisotopic (exact) mass is 432 g/mol. The van der Waals surface area contributed by atoms with Crippen LogP contribution < -0.4 is 10.6 Å². The van der Waals surface area contributed by atoms with Crippen molar-refractivity contribution in [1.82, 2.24) is 9.62 Å². The Bertz CT molecular complexity index is 997. The summed E-state index contributed by atoms with van der Waals surface area (Å²) in [5.74, 6) is -0.643. The molecule has 0 spiro atoms. The molecule has 2 aromatic rings. The van der Waals surface area contributed by atoms with E-state index in [1.165, 1.54) is 10.4 Å². The van der Waals surface area contributed by atoms with Crippen molar-refractivity contribution < 1.29 is 18.1 Å². The Morgan fingerprint density at radius 2 is 1.80 bits per heavy atom. The number of benzene rings is 2. The molecule has 2 N–H and O–H groups in total. The third-order valence-electron chi connectivity index (χ3n) is 4.98. The summed E-state index contributed by atoms with van der Waals surface area (Å²) in [5.41, 5.74) is 0.354. The van der Waals surface area contributed by atoms with Crippen molar-refractivity contribution in [2.45, 2.75) is 17.7 Å². The normalized spacial score (nSPS) is 17.3. The van der Waals surface area contributed by atoms with E-state index < -0.39 is 20.9 Å². The van der Waals surface area contributed by atoms with Gasteiger partial charge in [0, 0.05) is 32.2 Å². The molecule has 3 rings (SSSR count). The van der Waals surface area contributed by atoms with Crippen LogP contribution in [0.5, 0.6) is 0 Å². The predicted octanol–water partition coefficient (Wildman–Crippen LogP) is 2.22. The van der Waals surface area contributed by atoms with Gasteiger partial charge < -0.3 is 10.6 Å². The number of nitro groups is 1. The second-order valence-electron chi connectivity index (χ2n) is 7.01. The predicted molar refractivity (Wildman–Crippen MR) is 113 cm³/mol. The number of nitro benzene ring substituents is 1. The molecule has 1 unspecified atom stereocenters. The molecule has 2 aromatic carbocycles. The minimum atomic E-state index is -3.63. The summed E-state index contributed by atoms with van der Waals surface area (Å²) in [6.07, 6.45) is 1.23. The molecule has 0 bridgehead atoms. The van der Waals surface area contributed by atoms with Gasteiger partial charge in [0.15, 0.2) is 0 Å². The number of hydrogen-bond donors (Lipinski definition) is 2. The number of carbonyl (C=O) groups excluding carboxylic acids is 1. The van der Waals surface area contributed by atoms with E-state index in [4.69, 9.17) is 0 Å². The van der Waals surface area contributed by atoms with Crippen molar-refractivity contribution in [3.05, 3.63) is 64.7 Å². The van der Waals surface area contributed by atoms with Crippen LogP contribution in [0.15, 0.2) is 59.5 Å². The molecule has 1 aliphatic heterocycles. The number of hydrogen-bond acceptors (Lipinski definition) is 6. The van der Waals surface area contributed by atoms with E-state index in [2.05, 4.69) is 10.6 Å². The number of sulfonamides is 1. The largest absolute Gasteiger partial charge is 0.378 e. The van der Waals surface area contributed by atoms with Crippen molar-refractivity contribution >= 4 is 27.3 Å². The summed E-state index contributed by atoms with van der Waals surface area (Å²) < 4.78 is 26.9. The summed E-state index contributed by atoms with van der Waals surface area (Å²) in [4.78, 5) is 23.3. The minimum Gasteiger partial charge on any atom is -0.378 e. The van der Waals surface area contributed by atoms with Crippen LogP contribution in [0.25, 0.3) is 0 Å². The number of para-hydroxylation sites is 2. The van der Waals surface area contributed by atoms with Crippen molar-refractivity contribution in [3.8, 4) is 0 Å². The highest BCUT2D eigenvalue weighted by Gasteiger charge is 2.33. The number of amides is 1. The van der Waals surface area contributed by atoms with Crippen LogP contribution in [0, 0.1) is 16.0 Å². The van der Waals surface area contributed by atoms with E-state index in [1.54, 1.807) is 48.5 Å². The molecule has 9 nitrogen and oxygen atoms in total. The van der Waals surface area contributed by atoms with Gasteiger partial charge in [-0.15, -0.1) is 0 Å². The smallest absolute Gasteiger partial charge is 0.292 e. The number of nitrogens with zero attached hydrogens (tertiary/aromatic N) is 2. The van der Waals surface area contributed by atoms with E-state index in [-0.39, 0.29) is 29.6 Å². The van der Waals surface area contributed by atoms with Crippen LogP contribution >= 0.6 is 0 Å². The summed E-state index contributed by atoms with van der Waals surface area (Å²) in [5, 5.41) is 16.8. The average molecular weight is 433 g/mol. The SMILES string of the molecule is O=C(NCCNc1ccccc1[N+](=O)[O-])C1CCCN(S(=O)(=O)c2ccccc2)C1. The lowest BCUT2D eigenvalue weighted by atomic mass is 9.99. The lowest BCUT2D eigenvalue weighted by Crippen LogP contribution is -2.46. The van der Waals surface area contributed by atoms with Crippen LogP contribution in [0.2, 0.25) is 0 Å². The Morgan fingerprint density at radius 1 is 1.10 bits per heavy atom. The molecule has 10 heteroatoms. The topological polar surface area (TPSA) is 122 Å². The first kappa shape index (κ1) is 21.7. The Hall–Kier alpha value is -2.98. The maximum atomic E-state index is 12.8. The van der Waals surface area contributed by atoms with Gasteiger partial charge in [0.05, 0.1) is 15.7 Å². The summed E-state index contributed by atoms with van der Waals surface area (Å²) >= 11 is 0. The van der Waals surface area contributed by atoms with Gasteiger partial charge in [-0.3, -0.25) is 14.9 Å². The average Bonchev–Trinajstić information content (AvgIpc) is 2.77. The second-order valence-corrected chi connectivity index (χ2v) is 8.95. The Labute approximate surface area is 175 Å². The molecule has 1 fully saturated rings. The first-order chi connectivity index (χ1) is 14.4. The Balaban J connectivity index is 1.52. The molecule has 0 aliphatic carbocycles. The first-order valence-electron chi connectivity index (χ1n) is 9.70. The summed E-state index contributed by atoms with van der Waals surface area (Å²) in [6.45, 7) is 1.11. The summed E-state index contributed by atoms with van der Waals surface area (Å²) in [6, 6.07) is 14.5. The highest BCUT2D eigenvalue weighted by Crippen LogP contribution is 2.24. The van der Waals surface area contributed by atoms with Crippen LogP contribution in [0.3, 0.4) is 0 Å². The Kier molecular flexibility index (Phi) is 7.01. The van der Waals surface area contributed by atoms with Gasteiger partial charge in [0.25, 0.3) is 5.69 Å². The third-order valence-corrected chi connectivity index (χ3v) is 6.86. The number of carbonyl (C=O) groups is 1. The molecule has 1 amide bonds. The van der Waals surface area contributed by atoms with Gasteiger partial charge in [-0.05, 0) is 31.0 Å². The van der Waals surface area contributed by atoms with Crippen molar-refractivity contribution in [3.63, 3.8) is 0 Å². The number of rotatable bonds is 8. The second kappa shape index (κ2) is 9.68. The van der Waals surface area contributed by atoms with Gasteiger partial charge in [-0.1, -0.05) is 30.3 Å². The zero-order valence-electron chi connectivity index (χ0n) is 16.4. The number of piperidine rings is 1. The molecule has 0 aromatic heterocycles. The van der Waals surface area contributed by atoms with E-state index in [0.717, 1.165) is 0 Å². The molecule has 1 aliphatic rings. The lowest BCUT2D eigenvalue weighted by molar-refractivity contribution is -0.384. The van der Waals surface area contributed by atoms with Gasteiger partial charge in [0.2, 0.25) is 15.9 Å². The van der Waals surface area contributed by atoms with Gasteiger partial charge in [-0.2, -0.15) is 4.31 Å². The van der Waals surface area contributed by atoms with Gasteiger partial charge in [0.1, 0.15) is 5.69 Å².